The fourth-order valence-electron chi connectivity index (χ4n) is 2.44. The predicted octanol–water partition coefficient (Wildman–Crippen LogP) is 3.00. The number of amides is 1. The first-order valence-electron chi connectivity index (χ1n) is 6.97. The number of anilines is 1. The van der Waals surface area contributed by atoms with Gasteiger partial charge >= 0.3 is 0 Å². The topological polar surface area (TPSA) is 69.8 Å². The van der Waals surface area contributed by atoms with Crippen LogP contribution in [0, 0.1) is 0 Å². The molecule has 1 fully saturated rings. The summed E-state index contributed by atoms with van der Waals surface area (Å²) in [7, 11) is 0. The van der Waals surface area contributed by atoms with Crippen LogP contribution in [-0.4, -0.2) is 28.5 Å². The molecular formula is C15H20Cl2N4O. The molecule has 1 saturated heterocycles. The third kappa shape index (κ3) is 4.47. The lowest BCUT2D eigenvalue weighted by Gasteiger charge is -2.22. The van der Waals surface area contributed by atoms with Crippen molar-refractivity contribution in [1.29, 1.82) is 0 Å². The van der Waals surface area contributed by atoms with E-state index >= 15 is 0 Å². The van der Waals surface area contributed by atoms with Gasteiger partial charge in [0.05, 0.1) is 6.04 Å². The molecule has 1 aromatic carbocycles. The van der Waals surface area contributed by atoms with Gasteiger partial charge in [0.15, 0.2) is 0 Å². The largest absolute Gasteiger partial charge is 0.345 e. The highest BCUT2D eigenvalue weighted by molar-refractivity contribution is 5.95. The first kappa shape index (κ1) is 18.5. The van der Waals surface area contributed by atoms with Gasteiger partial charge in [-0.15, -0.1) is 24.8 Å². The number of H-pyrrole nitrogens is 1. The fraction of sp³-hybridized carbons (Fsp3) is 0.333. The molecule has 7 heteroatoms. The summed E-state index contributed by atoms with van der Waals surface area (Å²) in [6.07, 6.45) is 6.69. The second-order valence-corrected chi connectivity index (χ2v) is 5.01. The smallest absolute Gasteiger partial charge is 0.241 e. The van der Waals surface area contributed by atoms with Crippen LogP contribution < -0.4 is 10.6 Å². The first-order chi connectivity index (χ1) is 9.83. The molecule has 1 atom stereocenters. The minimum atomic E-state index is -0.0616. The summed E-state index contributed by atoms with van der Waals surface area (Å²) in [5, 5.41) is 6.20. The Kier molecular flexibility index (Phi) is 7.38. The molecule has 0 spiro atoms. The van der Waals surface area contributed by atoms with E-state index in [4.69, 9.17) is 0 Å². The molecule has 3 N–H and O–H groups in total. The lowest BCUT2D eigenvalue weighted by atomic mass is 10.0. The van der Waals surface area contributed by atoms with Crippen molar-refractivity contribution in [3.8, 4) is 11.4 Å². The van der Waals surface area contributed by atoms with E-state index in [1.165, 1.54) is 0 Å². The highest BCUT2D eigenvalue weighted by atomic mass is 35.5. The number of carbonyl (C=O) groups is 1. The number of benzene rings is 1. The molecule has 1 amide bonds. The molecule has 3 rings (SSSR count). The Morgan fingerprint density at radius 1 is 1.18 bits per heavy atom. The number of aromatic nitrogens is 2. The van der Waals surface area contributed by atoms with Crippen molar-refractivity contribution in [3.63, 3.8) is 0 Å². The molecule has 0 bridgehead atoms. The van der Waals surface area contributed by atoms with E-state index in [-0.39, 0.29) is 36.8 Å². The van der Waals surface area contributed by atoms with Crippen LogP contribution in [0.4, 0.5) is 5.69 Å². The summed E-state index contributed by atoms with van der Waals surface area (Å²) < 4.78 is 0. The van der Waals surface area contributed by atoms with Crippen molar-refractivity contribution in [2.75, 3.05) is 11.9 Å². The van der Waals surface area contributed by atoms with Crippen molar-refractivity contribution < 1.29 is 4.79 Å². The second-order valence-electron chi connectivity index (χ2n) is 5.01. The Bertz CT molecular complexity index is 566. The SMILES string of the molecule is Cl.Cl.O=C(Nc1ccc(-c2ncc[nH]2)cc1)[C@H]1CCCCN1. The fourth-order valence-corrected chi connectivity index (χ4v) is 2.44. The van der Waals surface area contributed by atoms with E-state index in [1.807, 2.05) is 24.3 Å². The van der Waals surface area contributed by atoms with Crippen LogP contribution in [0.5, 0.6) is 0 Å². The van der Waals surface area contributed by atoms with Crippen molar-refractivity contribution in [1.82, 2.24) is 15.3 Å². The van der Waals surface area contributed by atoms with Gasteiger partial charge in [-0.3, -0.25) is 4.79 Å². The molecule has 0 radical (unpaired) electrons. The monoisotopic (exact) mass is 342 g/mol. The van der Waals surface area contributed by atoms with E-state index < -0.39 is 0 Å². The van der Waals surface area contributed by atoms with Gasteiger partial charge in [0.1, 0.15) is 5.82 Å². The molecule has 2 heterocycles. The van der Waals surface area contributed by atoms with Gasteiger partial charge in [-0.2, -0.15) is 0 Å². The molecule has 22 heavy (non-hydrogen) atoms. The molecule has 1 aromatic heterocycles. The lowest BCUT2D eigenvalue weighted by molar-refractivity contribution is -0.118. The minimum absolute atomic E-state index is 0. The summed E-state index contributed by atoms with van der Waals surface area (Å²) in [6.45, 7) is 0.926. The highest BCUT2D eigenvalue weighted by Gasteiger charge is 2.20. The molecule has 1 aliphatic heterocycles. The van der Waals surface area contributed by atoms with E-state index in [0.717, 1.165) is 42.9 Å². The Balaban J connectivity index is 0.00000121. The number of hydrogen-bond donors (Lipinski definition) is 3. The first-order valence-corrected chi connectivity index (χ1v) is 6.97. The van der Waals surface area contributed by atoms with Crippen molar-refractivity contribution in [3.05, 3.63) is 36.7 Å². The molecule has 0 unspecified atom stereocenters. The second kappa shape index (κ2) is 8.78. The molecule has 120 valence electrons. The number of nitrogens with zero attached hydrogens (tertiary/aromatic N) is 1. The zero-order chi connectivity index (χ0) is 13.8. The Hall–Kier alpha value is -1.56. The van der Waals surface area contributed by atoms with Crippen LogP contribution >= 0.6 is 24.8 Å². The molecule has 0 aliphatic carbocycles. The van der Waals surface area contributed by atoms with Gasteiger partial charge in [0.2, 0.25) is 5.91 Å². The number of hydrogen-bond acceptors (Lipinski definition) is 3. The predicted molar refractivity (Wildman–Crippen MR) is 92.8 cm³/mol. The summed E-state index contributed by atoms with van der Waals surface area (Å²) in [5.41, 5.74) is 1.82. The Morgan fingerprint density at radius 3 is 2.55 bits per heavy atom. The number of imidazole rings is 1. The van der Waals surface area contributed by atoms with Gasteiger partial charge in [0, 0.05) is 23.6 Å². The molecule has 2 aromatic rings. The van der Waals surface area contributed by atoms with E-state index in [0.29, 0.717) is 0 Å². The zero-order valence-electron chi connectivity index (χ0n) is 12.0. The summed E-state index contributed by atoms with van der Waals surface area (Å²) >= 11 is 0. The maximum Gasteiger partial charge on any atom is 0.241 e. The third-order valence-corrected chi connectivity index (χ3v) is 3.55. The van der Waals surface area contributed by atoms with Crippen LogP contribution in [0.3, 0.4) is 0 Å². The minimum Gasteiger partial charge on any atom is -0.345 e. The summed E-state index contributed by atoms with van der Waals surface area (Å²) in [5.74, 6) is 0.882. The molecule has 5 nitrogen and oxygen atoms in total. The van der Waals surface area contributed by atoms with Gasteiger partial charge in [-0.1, -0.05) is 6.42 Å². The van der Waals surface area contributed by atoms with Gasteiger partial charge < -0.3 is 15.6 Å². The van der Waals surface area contributed by atoms with Crippen LogP contribution in [0.15, 0.2) is 36.7 Å². The van der Waals surface area contributed by atoms with Gasteiger partial charge in [-0.05, 0) is 43.7 Å². The van der Waals surface area contributed by atoms with Crippen LogP contribution in [0.2, 0.25) is 0 Å². The number of nitrogens with one attached hydrogen (secondary N) is 3. The third-order valence-electron chi connectivity index (χ3n) is 3.55. The van der Waals surface area contributed by atoms with Crippen LogP contribution in [0.25, 0.3) is 11.4 Å². The normalized spacial score (nSPS) is 17.0. The van der Waals surface area contributed by atoms with Crippen LogP contribution in [-0.2, 0) is 4.79 Å². The quantitative estimate of drug-likeness (QED) is 0.802. The van der Waals surface area contributed by atoms with Crippen molar-refractivity contribution >= 4 is 36.4 Å². The van der Waals surface area contributed by atoms with Gasteiger partial charge in [-0.25, -0.2) is 4.98 Å². The molecule has 1 aliphatic rings. The average Bonchev–Trinajstić information content (AvgIpc) is 3.03. The van der Waals surface area contributed by atoms with E-state index in [1.54, 1.807) is 12.4 Å². The Morgan fingerprint density at radius 2 is 1.95 bits per heavy atom. The van der Waals surface area contributed by atoms with E-state index in [9.17, 15) is 4.79 Å². The number of carbonyl (C=O) groups excluding carboxylic acids is 1. The average molecular weight is 343 g/mol. The number of aromatic amines is 1. The number of piperidine rings is 1. The number of halogens is 2. The van der Waals surface area contributed by atoms with Crippen molar-refractivity contribution in [2.24, 2.45) is 0 Å². The maximum absolute atomic E-state index is 12.1. The van der Waals surface area contributed by atoms with Crippen LogP contribution in [0.1, 0.15) is 19.3 Å². The zero-order valence-corrected chi connectivity index (χ0v) is 13.7. The molecule has 0 saturated carbocycles. The standard InChI is InChI=1S/C15H18N4O.2ClH/c20-15(13-3-1-2-8-16-13)19-12-6-4-11(5-7-12)14-17-9-10-18-14;;/h4-7,9-10,13,16H,1-3,8H2,(H,17,18)(H,19,20);2*1H/t13-;;/m1../s1. The maximum atomic E-state index is 12.1. The van der Waals surface area contributed by atoms with Crippen molar-refractivity contribution in [2.45, 2.75) is 25.3 Å². The Labute approximate surface area is 142 Å². The summed E-state index contributed by atoms with van der Waals surface area (Å²) in [6, 6.07) is 7.64. The molecular weight excluding hydrogens is 323 g/mol. The highest BCUT2D eigenvalue weighted by Crippen LogP contribution is 2.18. The van der Waals surface area contributed by atoms with Gasteiger partial charge in [0.25, 0.3) is 0 Å². The lowest BCUT2D eigenvalue weighted by Crippen LogP contribution is -2.43. The number of rotatable bonds is 3. The van der Waals surface area contributed by atoms with E-state index in [2.05, 4.69) is 20.6 Å². The summed E-state index contributed by atoms with van der Waals surface area (Å²) in [4.78, 5) is 19.3.